The number of carbonyl (C=O) groups is 2. The van der Waals surface area contributed by atoms with Crippen LogP contribution >= 0.6 is 15.9 Å². The van der Waals surface area contributed by atoms with Gasteiger partial charge in [0.15, 0.2) is 17.5 Å². The lowest BCUT2D eigenvalue weighted by atomic mass is 10.0. The standard InChI is InChI=1S/C14H12BrF3O4/c1-3-21-6-8(14(20)22-4-2)13(19)7-5-9(16)12(18)10(15)11(7)17/h5-6H,3-4H2,1-2H3/b8-6+. The van der Waals surface area contributed by atoms with Gasteiger partial charge in [0, 0.05) is 0 Å². The molecule has 0 atom stereocenters. The minimum Gasteiger partial charge on any atom is -0.500 e. The average molecular weight is 381 g/mol. The molecule has 0 heterocycles. The minimum absolute atomic E-state index is 0.0282. The molecule has 22 heavy (non-hydrogen) atoms. The van der Waals surface area contributed by atoms with Gasteiger partial charge in [0.25, 0.3) is 0 Å². The van der Waals surface area contributed by atoms with E-state index in [9.17, 15) is 22.8 Å². The Hall–Kier alpha value is -1.83. The van der Waals surface area contributed by atoms with Gasteiger partial charge in [-0.3, -0.25) is 4.79 Å². The van der Waals surface area contributed by atoms with Crippen molar-refractivity contribution in [1.29, 1.82) is 0 Å². The molecule has 8 heteroatoms. The van der Waals surface area contributed by atoms with Gasteiger partial charge in [0.05, 0.1) is 23.2 Å². The summed E-state index contributed by atoms with van der Waals surface area (Å²) >= 11 is 2.51. The van der Waals surface area contributed by atoms with E-state index < -0.39 is 44.8 Å². The number of carbonyl (C=O) groups excluding carboxylic acids is 2. The molecule has 0 aromatic heterocycles. The fourth-order valence-corrected chi connectivity index (χ4v) is 1.86. The van der Waals surface area contributed by atoms with Gasteiger partial charge < -0.3 is 9.47 Å². The molecule has 1 rings (SSSR count). The van der Waals surface area contributed by atoms with Gasteiger partial charge in [-0.2, -0.15) is 0 Å². The maximum absolute atomic E-state index is 13.9. The van der Waals surface area contributed by atoms with Gasteiger partial charge in [-0.05, 0) is 35.8 Å². The molecule has 1 aromatic carbocycles. The lowest BCUT2D eigenvalue weighted by Crippen LogP contribution is -2.18. The number of ether oxygens (including phenoxy) is 2. The number of benzene rings is 1. The van der Waals surface area contributed by atoms with Crippen molar-refractivity contribution in [2.45, 2.75) is 13.8 Å². The SMILES string of the molecule is CCO/C=C(/C(=O)OCC)C(=O)c1cc(F)c(F)c(Br)c1F. The second-order valence-electron chi connectivity index (χ2n) is 3.88. The van der Waals surface area contributed by atoms with Crippen LogP contribution in [-0.4, -0.2) is 25.0 Å². The Balaban J connectivity index is 3.34. The van der Waals surface area contributed by atoms with Crippen molar-refractivity contribution >= 4 is 27.7 Å². The fourth-order valence-electron chi connectivity index (χ4n) is 1.45. The van der Waals surface area contributed by atoms with Crippen LogP contribution in [0.1, 0.15) is 24.2 Å². The molecule has 120 valence electrons. The van der Waals surface area contributed by atoms with Crippen LogP contribution in [0.5, 0.6) is 0 Å². The number of ketones is 1. The molecule has 0 radical (unpaired) electrons. The summed E-state index contributed by atoms with van der Waals surface area (Å²) in [6.45, 7) is 3.22. The van der Waals surface area contributed by atoms with E-state index in [2.05, 4.69) is 20.7 Å². The predicted octanol–water partition coefficient (Wildman–Crippen LogP) is 3.53. The smallest absolute Gasteiger partial charge is 0.345 e. The zero-order valence-corrected chi connectivity index (χ0v) is 13.3. The summed E-state index contributed by atoms with van der Waals surface area (Å²) < 4.78 is 49.2. The van der Waals surface area contributed by atoms with Crippen molar-refractivity contribution in [2.75, 3.05) is 13.2 Å². The van der Waals surface area contributed by atoms with E-state index in [0.717, 1.165) is 6.26 Å². The quantitative estimate of drug-likeness (QED) is 0.111. The molecule has 0 saturated heterocycles. The zero-order valence-electron chi connectivity index (χ0n) is 11.7. The van der Waals surface area contributed by atoms with E-state index in [0.29, 0.717) is 6.07 Å². The van der Waals surface area contributed by atoms with E-state index in [1.165, 1.54) is 6.92 Å². The molecule has 0 unspecified atom stereocenters. The van der Waals surface area contributed by atoms with E-state index in [1.807, 2.05) is 0 Å². The van der Waals surface area contributed by atoms with Crippen LogP contribution in [-0.2, 0) is 14.3 Å². The fraction of sp³-hybridized carbons (Fsp3) is 0.286. The van der Waals surface area contributed by atoms with Gasteiger partial charge in [0.1, 0.15) is 11.8 Å². The summed E-state index contributed by atoms with van der Waals surface area (Å²) in [5.74, 6) is -6.46. The molecule has 0 spiro atoms. The number of halogens is 4. The van der Waals surface area contributed by atoms with Crippen molar-refractivity contribution in [3.63, 3.8) is 0 Å². The van der Waals surface area contributed by atoms with Gasteiger partial charge in [-0.1, -0.05) is 0 Å². The average Bonchev–Trinajstić information content (AvgIpc) is 2.49. The molecule has 0 amide bonds. The molecule has 4 nitrogen and oxygen atoms in total. The first kappa shape index (κ1) is 18.2. The topological polar surface area (TPSA) is 52.6 Å². The minimum atomic E-state index is -1.47. The van der Waals surface area contributed by atoms with Crippen LogP contribution in [0.2, 0.25) is 0 Å². The van der Waals surface area contributed by atoms with Crippen molar-refractivity contribution in [1.82, 2.24) is 0 Å². The molecule has 0 fully saturated rings. The molecule has 0 aliphatic carbocycles. The van der Waals surface area contributed by atoms with Crippen molar-refractivity contribution in [3.05, 3.63) is 45.4 Å². The summed E-state index contributed by atoms with van der Waals surface area (Å²) in [5.41, 5.74) is -1.44. The van der Waals surface area contributed by atoms with Crippen LogP contribution in [0.15, 0.2) is 22.4 Å². The maximum Gasteiger partial charge on any atom is 0.345 e. The van der Waals surface area contributed by atoms with Gasteiger partial charge >= 0.3 is 5.97 Å². The van der Waals surface area contributed by atoms with Gasteiger partial charge in [0.2, 0.25) is 5.78 Å². The first-order valence-corrected chi connectivity index (χ1v) is 7.00. The molecule has 0 bridgehead atoms. The number of esters is 1. The highest BCUT2D eigenvalue weighted by atomic mass is 79.9. The van der Waals surface area contributed by atoms with Crippen molar-refractivity contribution in [2.24, 2.45) is 0 Å². The normalized spacial score (nSPS) is 11.3. The molecule has 0 aliphatic rings. The first-order chi connectivity index (χ1) is 10.3. The van der Waals surface area contributed by atoms with E-state index in [1.54, 1.807) is 6.92 Å². The Morgan fingerprint density at radius 3 is 2.36 bits per heavy atom. The Bertz CT molecular complexity index is 629. The second kappa shape index (κ2) is 7.98. The summed E-state index contributed by atoms with van der Waals surface area (Å²) in [5, 5.41) is 0. The van der Waals surface area contributed by atoms with E-state index >= 15 is 0 Å². The Morgan fingerprint density at radius 1 is 1.18 bits per heavy atom. The van der Waals surface area contributed by atoms with Crippen LogP contribution in [0, 0.1) is 17.5 Å². The lowest BCUT2D eigenvalue weighted by molar-refractivity contribution is -0.138. The van der Waals surface area contributed by atoms with Crippen LogP contribution < -0.4 is 0 Å². The number of hydrogen-bond donors (Lipinski definition) is 0. The summed E-state index contributed by atoms with van der Waals surface area (Å²) in [7, 11) is 0. The monoisotopic (exact) mass is 380 g/mol. The van der Waals surface area contributed by atoms with Crippen LogP contribution in [0.25, 0.3) is 0 Å². The highest BCUT2D eigenvalue weighted by molar-refractivity contribution is 9.10. The molecular weight excluding hydrogens is 369 g/mol. The van der Waals surface area contributed by atoms with Gasteiger partial charge in [-0.25, -0.2) is 18.0 Å². The van der Waals surface area contributed by atoms with E-state index in [-0.39, 0.29) is 13.2 Å². The molecular formula is C14H12BrF3O4. The first-order valence-electron chi connectivity index (χ1n) is 6.21. The predicted molar refractivity (Wildman–Crippen MR) is 74.7 cm³/mol. The Morgan fingerprint density at radius 2 is 1.82 bits per heavy atom. The molecule has 0 N–H and O–H groups in total. The number of rotatable bonds is 6. The Kier molecular flexibility index (Phi) is 6.61. The third-order valence-electron chi connectivity index (χ3n) is 2.46. The maximum atomic E-state index is 13.9. The molecule has 0 aliphatic heterocycles. The summed E-state index contributed by atoms with van der Waals surface area (Å²) in [4.78, 5) is 23.9. The highest BCUT2D eigenvalue weighted by Gasteiger charge is 2.28. The van der Waals surface area contributed by atoms with Crippen molar-refractivity contribution < 1.29 is 32.2 Å². The molecule has 1 aromatic rings. The third-order valence-corrected chi connectivity index (χ3v) is 3.15. The lowest BCUT2D eigenvalue weighted by Gasteiger charge is -2.09. The number of hydrogen-bond acceptors (Lipinski definition) is 4. The highest BCUT2D eigenvalue weighted by Crippen LogP contribution is 2.27. The summed E-state index contributed by atoms with van der Waals surface area (Å²) in [6, 6.07) is 0.372. The summed E-state index contributed by atoms with van der Waals surface area (Å²) in [6.07, 6.45) is 0.801. The van der Waals surface area contributed by atoms with Crippen LogP contribution in [0.4, 0.5) is 13.2 Å². The zero-order chi connectivity index (χ0) is 16.9. The van der Waals surface area contributed by atoms with Crippen LogP contribution in [0.3, 0.4) is 0 Å². The van der Waals surface area contributed by atoms with Gasteiger partial charge in [-0.15, -0.1) is 0 Å². The van der Waals surface area contributed by atoms with E-state index in [4.69, 9.17) is 4.74 Å². The Labute approximate surface area is 133 Å². The second-order valence-corrected chi connectivity index (χ2v) is 4.68. The largest absolute Gasteiger partial charge is 0.500 e. The van der Waals surface area contributed by atoms with Crippen molar-refractivity contribution in [3.8, 4) is 0 Å². The number of Topliss-reactive ketones (excluding diaryl/α,β-unsaturated/α-hetero) is 1. The third kappa shape index (κ3) is 3.88. The molecule has 0 saturated carbocycles.